The Kier molecular flexibility index (Phi) is 5.30. The molecule has 1 N–H and O–H groups in total. The summed E-state index contributed by atoms with van der Waals surface area (Å²) in [6.45, 7) is 1.56. The lowest BCUT2D eigenvalue weighted by Gasteiger charge is -2.12. The Morgan fingerprint density at radius 3 is 2.10 bits per heavy atom. The molecule has 0 aliphatic heterocycles. The molecule has 0 aliphatic rings. The SMILES string of the molecule is CN(C)Cc1ccc(NCc2c(Cl)cccc2Cl)cc1. The zero-order valence-electron chi connectivity index (χ0n) is 11.7. The van der Waals surface area contributed by atoms with Gasteiger partial charge in [0.05, 0.1) is 0 Å². The molecule has 0 spiro atoms. The van der Waals surface area contributed by atoms with Crippen LogP contribution in [0.3, 0.4) is 0 Å². The number of hydrogen-bond acceptors (Lipinski definition) is 2. The van der Waals surface area contributed by atoms with Gasteiger partial charge in [-0.2, -0.15) is 0 Å². The van der Waals surface area contributed by atoms with Gasteiger partial charge in [0.15, 0.2) is 0 Å². The third-order valence-electron chi connectivity index (χ3n) is 2.98. The number of rotatable bonds is 5. The number of halogens is 2. The number of benzene rings is 2. The van der Waals surface area contributed by atoms with Gasteiger partial charge in [-0.3, -0.25) is 0 Å². The van der Waals surface area contributed by atoms with E-state index in [9.17, 15) is 0 Å². The topological polar surface area (TPSA) is 15.3 Å². The lowest BCUT2D eigenvalue weighted by atomic mass is 10.2. The molecule has 0 fully saturated rings. The predicted octanol–water partition coefficient (Wildman–Crippen LogP) is 4.67. The van der Waals surface area contributed by atoms with Crippen molar-refractivity contribution in [1.29, 1.82) is 0 Å². The maximum Gasteiger partial charge on any atom is 0.0470 e. The zero-order valence-corrected chi connectivity index (χ0v) is 13.2. The van der Waals surface area contributed by atoms with Gasteiger partial charge in [-0.1, -0.05) is 41.4 Å². The van der Waals surface area contributed by atoms with E-state index in [1.165, 1.54) is 5.56 Å². The van der Waals surface area contributed by atoms with E-state index in [-0.39, 0.29) is 0 Å². The van der Waals surface area contributed by atoms with Gasteiger partial charge < -0.3 is 10.2 Å². The van der Waals surface area contributed by atoms with Crippen molar-refractivity contribution in [1.82, 2.24) is 4.90 Å². The molecule has 106 valence electrons. The first-order valence-corrected chi connectivity index (χ1v) is 7.22. The smallest absolute Gasteiger partial charge is 0.0470 e. The molecule has 0 aromatic heterocycles. The van der Waals surface area contributed by atoms with E-state index in [4.69, 9.17) is 23.2 Å². The summed E-state index contributed by atoms with van der Waals surface area (Å²) in [5.41, 5.74) is 3.27. The molecule has 0 saturated carbocycles. The Labute approximate surface area is 130 Å². The number of hydrogen-bond donors (Lipinski definition) is 1. The molecule has 4 heteroatoms. The van der Waals surface area contributed by atoms with Crippen molar-refractivity contribution in [2.45, 2.75) is 13.1 Å². The molecule has 0 atom stereocenters. The molecule has 0 unspecified atom stereocenters. The minimum absolute atomic E-state index is 0.617. The largest absolute Gasteiger partial charge is 0.381 e. The zero-order chi connectivity index (χ0) is 14.5. The van der Waals surface area contributed by atoms with Crippen LogP contribution in [0.5, 0.6) is 0 Å². The fourth-order valence-electron chi connectivity index (χ4n) is 1.98. The second-order valence-electron chi connectivity index (χ2n) is 4.99. The van der Waals surface area contributed by atoms with Gasteiger partial charge in [-0.15, -0.1) is 0 Å². The Bertz CT molecular complexity index is 545. The summed E-state index contributed by atoms with van der Waals surface area (Å²) in [7, 11) is 4.12. The second-order valence-corrected chi connectivity index (χ2v) is 5.80. The molecule has 0 amide bonds. The van der Waals surface area contributed by atoms with E-state index in [2.05, 4.69) is 48.6 Å². The standard InChI is InChI=1S/C16H18Cl2N2/c1-20(2)11-12-6-8-13(9-7-12)19-10-14-15(17)4-3-5-16(14)18/h3-9,19H,10-11H2,1-2H3. The van der Waals surface area contributed by atoms with Gasteiger partial charge in [0, 0.05) is 34.4 Å². The summed E-state index contributed by atoms with van der Waals surface area (Å²) in [6.07, 6.45) is 0. The summed E-state index contributed by atoms with van der Waals surface area (Å²) in [4.78, 5) is 2.14. The van der Waals surface area contributed by atoms with Gasteiger partial charge in [0.2, 0.25) is 0 Å². The molecule has 2 aromatic rings. The van der Waals surface area contributed by atoms with Crippen LogP contribution in [0, 0.1) is 0 Å². The third-order valence-corrected chi connectivity index (χ3v) is 3.69. The quantitative estimate of drug-likeness (QED) is 0.863. The maximum absolute atomic E-state index is 6.15. The molecule has 0 saturated heterocycles. The summed E-state index contributed by atoms with van der Waals surface area (Å²) in [5, 5.41) is 4.72. The first-order valence-electron chi connectivity index (χ1n) is 6.46. The first-order chi connectivity index (χ1) is 9.56. The minimum Gasteiger partial charge on any atom is -0.381 e. The third kappa shape index (κ3) is 4.14. The van der Waals surface area contributed by atoms with E-state index < -0.39 is 0 Å². The van der Waals surface area contributed by atoms with E-state index in [0.29, 0.717) is 16.6 Å². The number of nitrogens with zero attached hydrogens (tertiary/aromatic N) is 1. The van der Waals surface area contributed by atoms with E-state index in [0.717, 1.165) is 17.8 Å². The van der Waals surface area contributed by atoms with Crippen LogP contribution >= 0.6 is 23.2 Å². The normalized spacial score (nSPS) is 10.8. The first kappa shape index (κ1) is 15.2. The lowest BCUT2D eigenvalue weighted by Crippen LogP contribution is -2.10. The van der Waals surface area contributed by atoms with Crippen LogP contribution in [0.25, 0.3) is 0 Å². The van der Waals surface area contributed by atoms with E-state index >= 15 is 0 Å². The predicted molar refractivity (Wildman–Crippen MR) is 87.6 cm³/mol. The monoisotopic (exact) mass is 308 g/mol. The highest BCUT2D eigenvalue weighted by atomic mass is 35.5. The number of nitrogens with one attached hydrogen (secondary N) is 1. The summed E-state index contributed by atoms with van der Waals surface area (Å²) in [6, 6.07) is 13.9. The van der Waals surface area contributed by atoms with Gasteiger partial charge in [0.1, 0.15) is 0 Å². The molecule has 2 aromatic carbocycles. The minimum atomic E-state index is 0.617. The second kappa shape index (κ2) is 6.98. The summed E-state index contributed by atoms with van der Waals surface area (Å²) >= 11 is 12.3. The Morgan fingerprint density at radius 1 is 0.950 bits per heavy atom. The molecular formula is C16H18Cl2N2. The van der Waals surface area contributed by atoms with Gasteiger partial charge in [-0.05, 0) is 43.9 Å². The highest BCUT2D eigenvalue weighted by Gasteiger charge is 2.05. The van der Waals surface area contributed by atoms with Crippen molar-refractivity contribution in [3.05, 3.63) is 63.6 Å². The molecule has 2 nitrogen and oxygen atoms in total. The maximum atomic E-state index is 6.15. The van der Waals surface area contributed by atoms with Crippen LogP contribution in [0.2, 0.25) is 10.0 Å². The fraction of sp³-hybridized carbons (Fsp3) is 0.250. The molecule has 0 radical (unpaired) electrons. The van der Waals surface area contributed by atoms with E-state index in [1.54, 1.807) is 0 Å². The summed E-state index contributed by atoms with van der Waals surface area (Å²) < 4.78 is 0. The molecule has 2 rings (SSSR count). The van der Waals surface area contributed by atoms with Crippen molar-refractivity contribution in [3.63, 3.8) is 0 Å². The highest BCUT2D eigenvalue weighted by Crippen LogP contribution is 2.25. The Hall–Kier alpha value is -1.22. The van der Waals surface area contributed by atoms with Gasteiger partial charge in [-0.25, -0.2) is 0 Å². The fourth-order valence-corrected chi connectivity index (χ4v) is 2.52. The highest BCUT2D eigenvalue weighted by molar-refractivity contribution is 6.36. The number of anilines is 1. The molecule has 0 bridgehead atoms. The van der Waals surface area contributed by atoms with Crippen molar-refractivity contribution >= 4 is 28.9 Å². The van der Waals surface area contributed by atoms with Crippen LogP contribution in [0.1, 0.15) is 11.1 Å². The van der Waals surface area contributed by atoms with Crippen molar-refractivity contribution in [3.8, 4) is 0 Å². The van der Waals surface area contributed by atoms with Crippen molar-refractivity contribution in [2.75, 3.05) is 19.4 Å². The van der Waals surface area contributed by atoms with Gasteiger partial charge in [0.25, 0.3) is 0 Å². The average Bonchev–Trinajstić information content (AvgIpc) is 2.39. The summed E-state index contributed by atoms with van der Waals surface area (Å²) in [5.74, 6) is 0. The van der Waals surface area contributed by atoms with Crippen LogP contribution in [0.15, 0.2) is 42.5 Å². The van der Waals surface area contributed by atoms with Gasteiger partial charge >= 0.3 is 0 Å². The van der Waals surface area contributed by atoms with Crippen molar-refractivity contribution < 1.29 is 0 Å². The Balaban J connectivity index is 2.00. The van der Waals surface area contributed by atoms with Crippen LogP contribution in [-0.2, 0) is 13.1 Å². The molecular weight excluding hydrogens is 291 g/mol. The average molecular weight is 309 g/mol. The van der Waals surface area contributed by atoms with E-state index in [1.807, 2.05) is 18.2 Å². The molecule has 20 heavy (non-hydrogen) atoms. The molecule has 0 aliphatic carbocycles. The Morgan fingerprint density at radius 2 is 1.55 bits per heavy atom. The molecule has 0 heterocycles. The van der Waals surface area contributed by atoms with Crippen LogP contribution < -0.4 is 5.32 Å². The van der Waals surface area contributed by atoms with Crippen LogP contribution in [0.4, 0.5) is 5.69 Å². The van der Waals surface area contributed by atoms with Crippen LogP contribution in [-0.4, -0.2) is 19.0 Å². The van der Waals surface area contributed by atoms with Crippen molar-refractivity contribution in [2.24, 2.45) is 0 Å². The lowest BCUT2D eigenvalue weighted by molar-refractivity contribution is 0.402.